The van der Waals surface area contributed by atoms with Crippen molar-refractivity contribution in [2.24, 2.45) is 4.99 Å². The molecular formula is C16H14BrN3O3. The fourth-order valence-electron chi connectivity index (χ4n) is 2.60. The SMILES string of the molecule is CC1CCC(=Nc2ccc(Br)cc2)c2ncc(C(=O)O)c(=O)n21. The number of aliphatic imine (C=N–C) groups is 1. The van der Waals surface area contributed by atoms with E-state index in [0.29, 0.717) is 24.4 Å². The summed E-state index contributed by atoms with van der Waals surface area (Å²) in [5, 5.41) is 9.09. The van der Waals surface area contributed by atoms with Crippen molar-refractivity contribution in [2.45, 2.75) is 25.8 Å². The van der Waals surface area contributed by atoms with Gasteiger partial charge in [0, 0.05) is 16.7 Å². The van der Waals surface area contributed by atoms with E-state index in [9.17, 15) is 9.59 Å². The molecule has 6 nitrogen and oxygen atoms in total. The van der Waals surface area contributed by atoms with E-state index in [1.165, 1.54) is 4.57 Å². The van der Waals surface area contributed by atoms with Crippen LogP contribution < -0.4 is 5.56 Å². The number of carboxylic acid groups (broad SMARTS) is 1. The molecule has 0 aliphatic carbocycles. The first-order valence-corrected chi connectivity index (χ1v) is 7.95. The highest BCUT2D eigenvalue weighted by Crippen LogP contribution is 2.25. The summed E-state index contributed by atoms with van der Waals surface area (Å²) in [6.45, 7) is 1.88. The third-order valence-electron chi connectivity index (χ3n) is 3.81. The molecule has 0 spiro atoms. The molecule has 2 heterocycles. The zero-order chi connectivity index (χ0) is 16.6. The first-order chi connectivity index (χ1) is 11.0. The molecule has 0 amide bonds. The predicted molar refractivity (Wildman–Crippen MR) is 89.7 cm³/mol. The molecule has 7 heteroatoms. The Labute approximate surface area is 140 Å². The van der Waals surface area contributed by atoms with Gasteiger partial charge in [-0.1, -0.05) is 15.9 Å². The number of aromatic carboxylic acids is 1. The van der Waals surface area contributed by atoms with Crippen molar-refractivity contribution in [2.75, 3.05) is 0 Å². The monoisotopic (exact) mass is 375 g/mol. The Morgan fingerprint density at radius 1 is 1.39 bits per heavy atom. The van der Waals surface area contributed by atoms with E-state index in [1.54, 1.807) is 0 Å². The maximum Gasteiger partial charge on any atom is 0.342 e. The van der Waals surface area contributed by atoms with Gasteiger partial charge in [-0.15, -0.1) is 0 Å². The van der Waals surface area contributed by atoms with Gasteiger partial charge in [-0.05, 0) is 44.0 Å². The van der Waals surface area contributed by atoms with Crippen LogP contribution in [0.3, 0.4) is 0 Å². The van der Waals surface area contributed by atoms with Crippen molar-refractivity contribution in [3.05, 3.63) is 56.7 Å². The predicted octanol–water partition coefficient (Wildman–Crippen LogP) is 3.18. The topological polar surface area (TPSA) is 84.6 Å². The smallest absolute Gasteiger partial charge is 0.342 e. The van der Waals surface area contributed by atoms with E-state index in [1.807, 2.05) is 31.2 Å². The summed E-state index contributed by atoms with van der Waals surface area (Å²) in [4.78, 5) is 32.3. The van der Waals surface area contributed by atoms with Gasteiger partial charge in [0.05, 0.1) is 11.4 Å². The van der Waals surface area contributed by atoms with Crippen LogP contribution in [0.1, 0.15) is 42.0 Å². The number of nitrogens with zero attached hydrogens (tertiary/aromatic N) is 3. The van der Waals surface area contributed by atoms with E-state index in [2.05, 4.69) is 25.9 Å². The number of carbonyl (C=O) groups is 1. The Balaban J connectivity index is 2.13. The Kier molecular flexibility index (Phi) is 4.12. The van der Waals surface area contributed by atoms with Crippen molar-refractivity contribution < 1.29 is 9.90 Å². The standard InChI is InChI=1S/C16H14BrN3O3/c1-9-2-7-13(19-11-5-3-10(17)4-6-11)14-18-8-12(16(22)23)15(21)20(9)14/h3-6,8-9H,2,7H2,1H3,(H,22,23). The number of halogens is 1. The normalized spacial score (nSPS) is 18.7. The lowest BCUT2D eigenvalue weighted by molar-refractivity contribution is 0.0693. The minimum atomic E-state index is -1.26. The second-order valence-corrected chi connectivity index (χ2v) is 6.31. The number of hydrogen-bond acceptors (Lipinski definition) is 4. The second kappa shape index (κ2) is 6.08. The summed E-state index contributed by atoms with van der Waals surface area (Å²) < 4.78 is 2.39. The number of rotatable bonds is 2. The molecule has 1 aromatic carbocycles. The molecule has 3 rings (SSSR count). The van der Waals surface area contributed by atoms with Crippen molar-refractivity contribution in [3.63, 3.8) is 0 Å². The summed E-state index contributed by atoms with van der Waals surface area (Å²) in [7, 11) is 0. The maximum absolute atomic E-state index is 12.4. The van der Waals surface area contributed by atoms with Crippen LogP contribution in [0, 0.1) is 0 Å². The number of hydrogen-bond donors (Lipinski definition) is 1. The molecule has 1 N–H and O–H groups in total. The van der Waals surface area contributed by atoms with Gasteiger partial charge < -0.3 is 5.11 Å². The van der Waals surface area contributed by atoms with Crippen molar-refractivity contribution in [1.82, 2.24) is 9.55 Å². The average molecular weight is 376 g/mol. The van der Waals surface area contributed by atoms with Gasteiger partial charge in [-0.2, -0.15) is 0 Å². The molecule has 0 fully saturated rings. The first kappa shape index (κ1) is 15.6. The number of fused-ring (bicyclic) bond motifs is 1. The summed E-state index contributed by atoms with van der Waals surface area (Å²) in [5.74, 6) is -0.816. The maximum atomic E-state index is 12.4. The van der Waals surface area contributed by atoms with E-state index in [-0.39, 0.29) is 11.6 Å². The first-order valence-electron chi connectivity index (χ1n) is 7.15. The quantitative estimate of drug-likeness (QED) is 0.873. The zero-order valence-corrected chi connectivity index (χ0v) is 13.9. The molecular weight excluding hydrogens is 362 g/mol. The van der Waals surface area contributed by atoms with Crippen LogP contribution in [0.15, 0.2) is 44.7 Å². The molecule has 1 aromatic heterocycles. The van der Waals surface area contributed by atoms with Gasteiger partial charge in [0.1, 0.15) is 5.56 Å². The molecule has 0 bridgehead atoms. The van der Waals surface area contributed by atoms with Crippen LogP contribution in [0.4, 0.5) is 5.69 Å². The van der Waals surface area contributed by atoms with Gasteiger partial charge in [0.15, 0.2) is 5.82 Å². The van der Waals surface area contributed by atoms with Crippen LogP contribution in [-0.2, 0) is 0 Å². The average Bonchev–Trinajstić information content (AvgIpc) is 2.52. The van der Waals surface area contributed by atoms with Crippen LogP contribution in [-0.4, -0.2) is 26.3 Å². The van der Waals surface area contributed by atoms with Crippen LogP contribution in [0.2, 0.25) is 0 Å². The highest BCUT2D eigenvalue weighted by molar-refractivity contribution is 9.10. The summed E-state index contributed by atoms with van der Waals surface area (Å²) in [5.41, 5.74) is 0.615. The van der Waals surface area contributed by atoms with Crippen molar-refractivity contribution in [1.29, 1.82) is 0 Å². The molecule has 118 valence electrons. The van der Waals surface area contributed by atoms with Gasteiger partial charge in [0.2, 0.25) is 0 Å². The number of benzene rings is 1. The minimum absolute atomic E-state index is 0.104. The molecule has 2 aromatic rings. The molecule has 1 aliphatic rings. The Morgan fingerprint density at radius 2 is 2.09 bits per heavy atom. The fourth-order valence-corrected chi connectivity index (χ4v) is 2.87. The summed E-state index contributed by atoms with van der Waals surface area (Å²) in [6, 6.07) is 7.40. The molecule has 0 radical (unpaired) electrons. The molecule has 1 unspecified atom stereocenters. The van der Waals surface area contributed by atoms with Gasteiger partial charge in [-0.3, -0.25) is 9.36 Å². The van der Waals surface area contributed by atoms with E-state index < -0.39 is 11.5 Å². The summed E-state index contributed by atoms with van der Waals surface area (Å²) in [6.07, 6.45) is 2.52. The Morgan fingerprint density at radius 3 is 2.74 bits per heavy atom. The lowest BCUT2D eigenvalue weighted by Crippen LogP contribution is -2.36. The van der Waals surface area contributed by atoms with Gasteiger partial charge in [0.25, 0.3) is 5.56 Å². The van der Waals surface area contributed by atoms with E-state index in [4.69, 9.17) is 5.11 Å². The fraction of sp³-hybridized carbons (Fsp3) is 0.250. The second-order valence-electron chi connectivity index (χ2n) is 5.40. The largest absolute Gasteiger partial charge is 0.477 e. The van der Waals surface area contributed by atoms with Crippen LogP contribution in [0.5, 0.6) is 0 Å². The third-order valence-corrected chi connectivity index (χ3v) is 4.34. The summed E-state index contributed by atoms with van der Waals surface area (Å²) >= 11 is 3.37. The van der Waals surface area contributed by atoms with Crippen molar-refractivity contribution >= 4 is 33.3 Å². The lowest BCUT2D eigenvalue weighted by atomic mass is 10.0. The van der Waals surface area contributed by atoms with E-state index in [0.717, 1.165) is 16.4 Å². The third kappa shape index (κ3) is 2.96. The minimum Gasteiger partial charge on any atom is -0.477 e. The lowest BCUT2D eigenvalue weighted by Gasteiger charge is -2.25. The molecule has 23 heavy (non-hydrogen) atoms. The molecule has 1 aliphatic heterocycles. The molecule has 0 saturated carbocycles. The molecule has 1 atom stereocenters. The van der Waals surface area contributed by atoms with E-state index >= 15 is 0 Å². The highest BCUT2D eigenvalue weighted by Gasteiger charge is 2.26. The van der Waals surface area contributed by atoms with Crippen molar-refractivity contribution in [3.8, 4) is 0 Å². The van der Waals surface area contributed by atoms with Gasteiger partial charge >= 0.3 is 5.97 Å². The van der Waals surface area contributed by atoms with Gasteiger partial charge in [-0.25, -0.2) is 14.8 Å². The zero-order valence-electron chi connectivity index (χ0n) is 12.4. The highest BCUT2D eigenvalue weighted by atomic mass is 79.9. The van der Waals surface area contributed by atoms with Crippen LogP contribution >= 0.6 is 15.9 Å². The Hall–Kier alpha value is -2.28. The molecule has 0 saturated heterocycles. The number of aromatic nitrogens is 2. The Bertz CT molecular complexity index is 856. The van der Waals surface area contributed by atoms with Crippen LogP contribution in [0.25, 0.3) is 0 Å². The number of carboxylic acids is 1.